The van der Waals surface area contributed by atoms with Crippen LogP contribution in [0.5, 0.6) is 0 Å². The third-order valence-corrected chi connectivity index (χ3v) is 7.82. The Kier molecular flexibility index (Phi) is 6.82. The van der Waals surface area contributed by atoms with E-state index in [9.17, 15) is 23.3 Å². The van der Waals surface area contributed by atoms with Gasteiger partial charge in [-0.1, -0.05) is 24.3 Å². The van der Waals surface area contributed by atoms with Gasteiger partial charge in [0.05, 0.1) is 10.6 Å². The summed E-state index contributed by atoms with van der Waals surface area (Å²) in [5, 5.41) is 12.6. The zero-order chi connectivity index (χ0) is 25.2. The third-order valence-electron chi connectivity index (χ3n) is 5.99. The third kappa shape index (κ3) is 4.73. The van der Waals surface area contributed by atoms with E-state index in [0.29, 0.717) is 24.2 Å². The Labute approximate surface area is 204 Å². The Hall–Kier alpha value is -3.81. The average molecular weight is 492 g/mol. The molecular formula is C25H25N5O4S. The molecule has 0 aromatic heterocycles. The number of fused-ring (bicyclic) bond motifs is 1. The monoisotopic (exact) mass is 491 g/mol. The summed E-state index contributed by atoms with van der Waals surface area (Å²) >= 11 is 0. The number of nitrogens with zero attached hydrogens (tertiary/aromatic N) is 4. The summed E-state index contributed by atoms with van der Waals surface area (Å²) in [6.07, 6.45) is 2.85. The molecule has 0 bridgehead atoms. The predicted molar refractivity (Wildman–Crippen MR) is 131 cm³/mol. The number of amidine groups is 1. The van der Waals surface area contributed by atoms with Gasteiger partial charge >= 0.3 is 0 Å². The first kappa shape index (κ1) is 24.3. The quantitative estimate of drug-likeness (QED) is 0.520. The van der Waals surface area contributed by atoms with E-state index in [1.165, 1.54) is 38.4 Å². The van der Waals surface area contributed by atoms with E-state index in [1.54, 1.807) is 29.2 Å². The van der Waals surface area contributed by atoms with Crippen LogP contribution in [0.2, 0.25) is 0 Å². The van der Waals surface area contributed by atoms with Gasteiger partial charge in [0.25, 0.3) is 11.8 Å². The fourth-order valence-electron chi connectivity index (χ4n) is 4.04. The van der Waals surface area contributed by atoms with E-state index in [1.807, 2.05) is 6.07 Å². The first-order chi connectivity index (χ1) is 16.7. The van der Waals surface area contributed by atoms with Gasteiger partial charge in [-0.15, -0.1) is 0 Å². The van der Waals surface area contributed by atoms with Crippen LogP contribution >= 0.6 is 0 Å². The van der Waals surface area contributed by atoms with Gasteiger partial charge in [0.15, 0.2) is 0 Å². The molecule has 1 saturated heterocycles. The molecule has 0 aliphatic carbocycles. The van der Waals surface area contributed by atoms with Gasteiger partial charge in [0.2, 0.25) is 10.0 Å². The number of nitriles is 1. The van der Waals surface area contributed by atoms with E-state index in [4.69, 9.17) is 0 Å². The Bertz CT molecular complexity index is 1380. The van der Waals surface area contributed by atoms with Crippen molar-refractivity contribution in [2.24, 2.45) is 4.99 Å². The minimum Gasteiger partial charge on any atom is -0.338 e. The maximum Gasteiger partial charge on any atom is 0.266 e. The molecule has 1 fully saturated rings. The summed E-state index contributed by atoms with van der Waals surface area (Å²) in [4.78, 5) is 32.2. The van der Waals surface area contributed by atoms with Crippen LogP contribution in [0.1, 0.15) is 40.7 Å². The standard InChI is InChI=1S/C25H25N5O4S/c1-29(2)35(33,34)18-12-10-17(11-13-18)24(31)28-23-20-9-5-4-8-19(20)22(27-23)21(16-26)25(32)30-14-6-3-7-15-30/h4-5,8-13H,3,6-7,14-15H2,1-2H3,(H,27,28,31)/b22-21-. The van der Waals surface area contributed by atoms with Crippen molar-refractivity contribution in [1.82, 2.24) is 14.5 Å². The smallest absolute Gasteiger partial charge is 0.266 e. The highest BCUT2D eigenvalue weighted by Gasteiger charge is 2.30. The summed E-state index contributed by atoms with van der Waals surface area (Å²) < 4.78 is 25.6. The lowest BCUT2D eigenvalue weighted by Crippen LogP contribution is -2.36. The summed E-state index contributed by atoms with van der Waals surface area (Å²) in [6.45, 7) is 1.21. The van der Waals surface area contributed by atoms with Crippen molar-refractivity contribution in [2.45, 2.75) is 24.2 Å². The number of benzene rings is 2. The number of sulfonamides is 1. The number of rotatable bonds is 4. The van der Waals surface area contributed by atoms with Gasteiger partial charge in [-0.3, -0.25) is 9.59 Å². The molecule has 2 aromatic carbocycles. The highest BCUT2D eigenvalue weighted by atomic mass is 32.2. The summed E-state index contributed by atoms with van der Waals surface area (Å²) in [5.74, 6) is -0.620. The molecule has 4 rings (SSSR count). The molecule has 0 unspecified atom stereocenters. The predicted octanol–water partition coefficient (Wildman–Crippen LogP) is 2.37. The number of carbonyl (C=O) groups excluding carboxylic acids is 2. The first-order valence-corrected chi connectivity index (χ1v) is 12.6. The van der Waals surface area contributed by atoms with Crippen molar-refractivity contribution in [3.05, 3.63) is 70.8 Å². The molecule has 0 atom stereocenters. The van der Waals surface area contributed by atoms with Gasteiger partial charge in [0, 0.05) is 43.9 Å². The Balaban J connectivity index is 1.64. The number of likely N-dealkylation sites (tertiary alicyclic amines) is 1. The number of amides is 2. The zero-order valence-corrected chi connectivity index (χ0v) is 20.3. The van der Waals surface area contributed by atoms with Crippen molar-refractivity contribution in [2.75, 3.05) is 27.2 Å². The number of carbonyl (C=O) groups is 2. The summed E-state index contributed by atoms with van der Waals surface area (Å²) in [5.41, 5.74) is 1.62. The van der Waals surface area contributed by atoms with E-state index in [0.717, 1.165) is 23.6 Å². The van der Waals surface area contributed by atoms with Crippen molar-refractivity contribution in [3.8, 4) is 6.07 Å². The zero-order valence-electron chi connectivity index (χ0n) is 19.5. The van der Waals surface area contributed by atoms with Crippen molar-refractivity contribution >= 4 is 33.4 Å². The van der Waals surface area contributed by atoms with Crippen molar-refractivity contribution < 1.29 is 18.0 Å². The van der Waals surface area contributed by atoms with Crippen LogP contribution in [-0.2, 0) is 14.8 Å². The highest BCUT2D eigenvalue weighted by Crippen LogP contribution is 2.31. The van der Waals surface area contributed by atoms with Crippen LogP contribution in [0.15, 0.2) is 64.0 Å². The number of nitrogens with one attached hydrogen (secondary N) is 1. The molecule has 2 amide bonds. The van der Waals surface area contributed by atoms with Crippen LogP contribution < -0.4 is 5.32 Å². The molecule has 10 heteroatoms. The molecule has 180 valence electrons. The van der Waals surface area contributed by atoms with Gasteiger partial charge in [-0.2, -0.15) is 5.26 Å². The fourth-order valence-corrected chi connectivity index (χ4v) is 4.94. The molecule has 0 radical (unpaired) electrons. The number of hydrogen-bond acceptors (Lipinski definition) is 6. The van der Waals surface area contributed by atoms with Crippen LogP contribution in [-0.4, -0.2) is 62.5 Å². The van der Waals surface area contributed by atoms with Crippen LogP contribution in [0.3, 0.4) is 0 Å². The maximum atomic E-state index is 13.1. The normalized spacial score (nSPS) is 16.9. The minimum absolute atomic E-state index is 0.0538. The van der Waals surface area contributed by atoms with Crippen LogP contribution in [0.25, 0.3) is 5.70 Å². The molecule has 1 N–H and O–H groups in total. The molecule has 2 aliphatic heterocycles. The van der Waals surface area contributed by atoms with Crippen LogP contribution in [0.4, 0.5) is 0 Å². The second kappa shape index (κ2) is 9.82. The largest absolute Gasteiger partial charge is 0.338 e. The second-order valence-electron chi connectivity index (χ2n) is 8.46. The molecule has 35 heavy (non-hydrogen) atoms. The van der Waals surface area contributed by atoms with Crippen molar-refractivity contribution in [1.29, 1.82) is 5.26 Å². The first-order valence-electron chi connectivity index (χ1n) is 11.2. The second-order valence-corrected chi connectivity index (χ2v) is 10.6. The number of aliphatic imine (C=N–C) groups is 1. The molecule has 9 nitrogen and oxygen atoms in total. The Morgan fingerprint density at radius 3 is 2.23 bits per heavy atom. The fraction of sp³-hybridized carbons (Fsp3) is 0.280. The highest BCUT2D eigenvalue weighted by molar-refractivity contribution is 7.89. The van der Waals surface area contributed by atoms with Crippen molar-refractivity contribution in [3.63, 3.8) is 0 Å². The average Bonchev–Trinajstić information content (AvgIpc) is 3.23. The lowest BCUT2D eigenvalue weighted by molar-refractivity contribution is -0.127. The number of piperidine rings is 1. The molecule has 2 aromatic rings. The van der Waals surface area contributed by atoms with Gasteiger partial charge in [0.1, 0.15) is 17.5 Å². The Morgan fingerprint density at radius 2 is 1.63 bits per heavy atom. The summed E-state index contributed by atoms with van der Waals surface area (Å²) in [6, 6.07) is 14.7. The minimum atomic E-state index is -3.61. The van der Waals surface area contributed by atoms with Gasteiger partial charge in [-0.05, 0) is 43.5 Å². The molecule has 0 saturated carbocycles. The van der Waals surface area contributed by atoms with Crippen LogP contribution in [0, 0.1) is 11.3 Å². The van der Waals surface area contributed by atoms with E-state index in [-0.39, 0.29) is 33.5 Å². The van der Waals surface area contributed by atoms with Gasteiger partial charge in [-0.25, -0.2) is 17.7 Å². The van der Waals surface area contributed by atoms with E-state index in [2.05, 4.69) is 10.3 Å². The molecule has 0 spiro atoms. The topological polar surface area (TPSA) is 123 Å². The molecule has 2 aliphatic rings. The number of hydrogen-bond donors (Lipinski definition) is 1. The summed E-state index contributed by atoms with van der Waals surface area (Å²) in [7, 11) is -0.748. The Morgan fingerprint density at radius 1 is 1.00 bits per heavy atom. The van der Waals surface area contributed by atoms with E-state index >= 15 is 0 Å². The molecular weight excluding hydrogens is 466 g/mol. The maximum absolute atomic E-state index is 13.1. The lowest BCUT2D eigenvalue weighted by atomic mass is 10.0. The van der Waals surface area contributed by atoms with Gasteiger partial charge < -0.3 is 10.2 Å². The SMILES string of the molecule is CN(C)S(=O)(=O)c1ccc(C(=O)NC2=N/C(=C(/C#N)C(=O)N3CCCCC3)c3ccccc32)cc1. The van der Waals surface area contributed by atoms with E-state index < -0.39 is 15.9 Å². The molecule has 2 heterocycles. The lowest BCUT2D eigenvalue weighted by Gasteiger charge is -2.26.